The van der Waals surface area contributed by atoms with Crippen LogP contribution in [0.5, 0.6) is 0 Å². The third kappa shape index (κ3) is 2.38. The van der Waals surface area contributed by atoms with Crippen LogP contribution >= 0.6 is 12.3 Å². The maximum Gasteiger partial charge on any atom is 0.220 e. The fourth-order valence-electron chi connectivity index (χ4n) is 2.23. The minimum Gasteiger partial charge on any atom is -0.385 e. The Kier molecular flexibility index (Phi) is 3.61. The summed E-state index contributed by atoms with van der Waals surface area (Å²) in [7, 11) is 0. The summed E-state index contributed by atoms with van der Waals surface area (Å²) in [5.74, 6) is 0.176. The molecule has 0 spiro atoms. The number of nitrogens with two attached hydrogens (primary N) is 1. The van der Waals surface area contributed by atoms with Crippen molar-refractivity contribution < 1.29 is 3.89 Å². The van der Waals surface area contributed by atoms with Gasteiger partial charge in [-0.15, -0.1) is 3.89 Å². The molecule has 0 saturated heterocycles. The Labute approximate surface area is 125 Å². The third-order valence-corrected chi connectivity index (χ3v) is 3.47. The van der Waals surface area contributed by atoms with E-state index < -0.39 is 0 Å². The first-order chi connectivity index (χ1) is 10.2. The van der Waals surface area contributed by atoms with Gasteiger partial charge in [0.2, 0.25) is 5.95 Å². The fourth-order valence-corrected chi connectivity index (χ4v) is 2.58. The summed E-state index contributed by atoms with van der Waals surface area (Å²) in [5, 5.41) is 4.06. The minimum absolute atomic E-state index is 0.0965. The monoisotopic (exact) mass is 304 g/mol. The second kappa shape index (κ2) is 5.57. The molecule has 0 radical (unpaired) electrons. The van der Waals surface area contributed by atoms with Gasteiger partial charge >= 0.3 is 0 Å². The molecule has 0 atom stereocenters. The first-order valence-corrected chi connectivity index (χ1v) is 7.04. The van der Waals surface area contributed by atoms with Crippen molar-refractivity contribution in [1.82, 2.24) is 18.9 Å². The number of nitrogens with one attached hydrogen (secondary N) is 1. The first-order valence-electron chi connectivity index (χ1n) is 6.36. The maximum atomic E-state index is 13.1. The standard InChI is InChI=1S/C13H13FN6S/c1-2-16-10-4-5-17-12-11(10)8(7-20(12)21-14)9-3-6-18-13(15)19-9/h3-7H,2H2,1H3,(H,16,17)(H2,15,18,19). The molecule has 21 heavy (non-hydrogen) atoms. The highest BCUT2D eigenvalue weighted by Crippen LogP contribution is 2.35. The topological polar surface area (TPSA) is 81.7 Å². The maximum absolute atomic E-state index is 13.1. The van der Waals surface area contributed by atoms with Gasteiger partial charge in [-0.25, -0.2) is 18.9 Å². The number of pyridine rings is 1. The summed E-state index contributed by atoms with van der Waals surface area (Å²) in [4.78, 5) is 12.3. The number of aromatic nitrogens is 4. The lowest BCUT2D eigenvalue weighted by molar-refractivity contribution is 0.919. The van der Waals surface area contributed by atoms with Gasteiger partial charge in [-0.05, 0) is 19.1 Å². The minimum atomic E-state index is 0.0965. The van der Waals surface area contributed by atoms with Crippen molar-refractivity contribution in [2.24, 2.45) is 0 Å². The number of hydrogen-bond acceptors (Lipinski definition) is 6. The largest absolute Gasteiger partial charge is 0.385 e. The van der Waals surface area contributed by atoms with Crippen molar-refractivity contribution in [2.75, 3.05) is 17.6 Å². The van der Waals surface area contributed by atoms with E-state index in [-0.39, 0.29) is 18.3 Å². The molecular formula is C13H13FN6S. The lowest BCUT2D eigenvalue weighted by Crippen LogP contribution is -1.98. The van der Waals surface area contributed by atoms with Crippen LogP contribution in [0.4, 0.5) is 15.5 Å². The van der Waals surface area contributed by atoms with E-state index in [4.69, 9.17) is 5.73 Å². The fraction of sp³-hybridized carbons (Fsp3) is 0.154. The normalized spacial score (nSPS) is 11.0. The molecule has 0 aliphatic rings. The molecule has 3 N–H and O–H groups in total. The van der Waals surface area contributed by atoms with Crippen LogP contribution in [0.15, 0.2) is 30.7 Å². The molecule has 0 fully saturated rings. The van der Waals surface area contributed by atoms with E-state index in [2.05, 4.69) is 20.3 Å². The van der Waals surface area contributed by atoms with Gasteiger partial charge in [-0.3, -0.25) is 0 Å². The summed E-state index contributed by atoms with van der Waals surface area (Å²) < 4.78 is 14.5. The molecule has 108 valence electrons. The number of anilines is 2. The lowest BCUT2D eigenvalue weighted by atomic mass is 10.1. The molecule has 3 rings (SSSR count). The highest BCUT2D eigenvalue weighted by atomic mass is 32.2. The zero-order valence-electron chi connectivity index (χ0n) is 11.2. The summed E-state index contributed by atoms with van der Waals surface area (Å²) >= 11 is 0.0965. The van der Waals surface area contributed by atoms with Crippen LogP contribution in [0, 0.1) is 0 Å². The second-order valence-electron chi connectivity index (χ2n) is 4.33. The van der Waals surface area contributed by atoms with Gasteiger partial charge in [0, 0.05) is 36.4 Å². The van der Waals surface area contributed by atoms with Crippen molar-refractivity contribution in [2.45, 2.75) is 6.92 Å². The van der Waals surface area contributed by atoms with Crippen LogP contribution in [0.3, 0.4) is 0 Å². The molecule has 6 nitrogen and oxygen atoms in total. The van der Waals surface area contributed by atoms with Crippen LogP contribution in [0.25, 0.3) is 22.3 Å². The number of rotatable bonds is 4. The second-order valence-corrected chi connectivity index (χ2v) is 4.86. The average Bonchev–Trinajstić information content (AvgIpc) is 2.87. The number of nitrogen functional groups attached to an aromatic ring is 1. The van der Waals surface area contributed by atoms with Crippen molar-refractivity contribution in [3.05, 3.63) is 30.7 Å². The molecule has 3 aromatic heterocycles. The zero-order valence-corrected chi connectivity index (χ0v) is 12.1. The number of hydrogen-bond donors (Lipinski definition) is 2. The van der Waals surface area contributed by atoms with E-state index in [1.807, 2.05) is 13.0 Å². The molecule has 3 heterocycles. The van der Waals surface area contributed by atoms with E-state index in [1.165, 1.54) is 3.97 Å². The molecule has 0 saturated carbocycles. The summed E-state index contributed by atoms with van der Waals surface area (Å²) in [6, 6.07) is 3.59. The Hall–Kier alpha value is -2.35. The molecule has 0 aliphatic carbocycles. The van der Waals surface area contributed by atoms with Crippen molar-refractivity contribution in [1.29, 1.82) is 0 Å². The van der Waals surface area contributed by atoms with Crippen LogP contribution in [-0.4, -0.2) is 25.5 Å². The first kappa shape index (κ1) is 13.6. The summed E-state index contributed by atoms with van der Waals surface area (Å²) in [6.07, 6.45) is 4.88. The van der Waals surface area contributed by atoms with E-state index in [9.17, 15) is 3.89 Å². The third-order valence-electron chi connectivity index (χ3n) is 3.05. The van der Waals surface area contributed by atoms with Crippen molar-refractivity contribution in [3.63, 3.8) is 0 Å². The molecule has 0 aliphatic heterocycles. The van der Waals surface area contributed by atoms with E-state index in [0.29, 0.717) is 11.3 Å². The predicted molar refractivity (Wildman–Crippen MR) is 83.4 cm³/mol. The number of halogens is 1. The van der Waals surface area contributed by atoms with Gasteiger partial charge < -0.3 is 11.1 Å². The molecule has 3 aromatic rings. The van der Waals surface area contributed by atoms with E-state index in [1.54, 1.807) is 24.7 Å². The molecule has 0 unspecified atom stereocenters. The van der Waals surface area contributed by atoms with Gasteiger partial charge in [-0.1, -0.05) is 0 Å². The van der Waals surface area contributed by atoms with Crippen LogP contribution in [-0.2, 0) is 0 Å². The van der Waals surface area contributed by atoms with Gasteiger partial charge in [0.25, 0.3) is 0 Å². The molecule has 0 amide bonds. The quantitative estimate of drug-likeness (QED) is 0.771. The smallest absolute Gasteiger partial charge is 0.220 e. The van der Waals surface area contributed by atoms with Gasteiger partial charge in [0.15, 0.2) is 18.0 Å². The Morgan fingerprint density at radius 2 is 2.14 bits per heavy atom. The summed E-state index contributed by atoms with van der Waals surface area (Å²) in [5.41, 5.74) is 8.44. The van der Waals surface area contributed by atoms with Gasteiger partial charge in [0.05, 0.1) is 11.1 Å². The highest BCUT2D eigenvalue weighted by Gasteiger charge is 2.16. The van der Waals surface area contributed by atoms with Gasteiger partial charge in [0.1, 0.15) is 0 Å². The SMILES string of the molecule is CCNc1ccnc2c1c(-c1ccnc(N)n1)cn2SF. The van der Waals surface area contributed by atoms with Gasteiger partial charge in [-0.2, -0.15) is 0 Å². The van der Waals surface area contributed by atoms with Crippen LogP contribution in [0.1, 0.15) is 6.92 Å². The Morgan fingerprint density at radius 3 is 2.86 bits per heavy atom. The average molecular weight is 304 g/mol. The van der Waals surface area contributed by atoms with Crippen LogP contribution < -0.4 is 11.1 Å². The summed E-state index contributed by atoms with van der Waals surface area (Å²) in [6.45, 7) is 2.74. The van der Waals surface area contributed by atoms with E-state index >= 15 is 0 Å². The zero-order chi connectivity index (χ0) is 14.8. The Morgan fingerprint density at radius 1 is 1.33 bits per heavy atom. The molecule has 0 aromatic carbocycles. The Balaban J connectivity index is 2.31. The highest BCUT2D eigenvalue weighted by molar-refractivity contribution is 7.92. The lowest BCUT2D eigenvalue weighted by Gasteiger charge is -2.06. The number of fused-ring (bicyclic) bond motifs is 1. The molecule has 8 heteroatoms. The van der Waals surface area contributed by atoms with Crippen molar-refractivity contribution >= 4 is 35.0 Å². The van der Waals surface area contributed by atoms with Crippen LogP contribution in [0.2, 0.25) is 0 Å². The molecular weight excluding hydrogens is 291 g/mol. The van der Waals surface area contributed by atoms with Crippen molar-refractivity contribution in [3.8, 4) is 11.3 Å². The number of nitrogens with zero attached hydrogens (tertiary/aromatic N) is 4. The molecule has 0 bridgehead atoms. The van der Waals surface area contributed by atoms with E-state index in [0.717, 1.165) is 23.2 Å². The predicted octanol–water partition coefficient (Wildman–Crippen LogP) is 2.89. The Bertz CT molecular complexity index is 787.